The summed E-state index contributed by atoms with van der Waals surface area (Å²) in [6, 6.07) is 5.72. The van der Waals surface area contributed by atoms with Crippen molar-refractivity contribution in [1.82, 2.24) is 15.0 Å². The molecule has 0 radical (unpaired) electrons. The lowest BCUT2D eigenvalue weighted by molar-refractivity contribution is 0.695. The largest absolute Gasteiger partial charge is 0.373 e. The topological polar surface area (TPSA) is 50.7 Å². The normalized spacial score (nSPS) is 15.5. The van der Waals surface area contributed by atoms with E-state index in [1.54, 1.807) is 6.20 Å². The van der Waals surface area contributed by atoms with Crippen molar-refractivity contribution in [3.8, 4) is 11.5 Å². The minimum absolute atomic E-state index is 0.552. The van der Waals surface area contributed by atoms with Gasteiger partial charge in [0.15, 0.2) is 5.82 Å². The summed E-state index contributed by atoms with van der Waals surface area (Å²) in [6.07, 6.45) is 6.64. The van der Waals surface area contributed by atoms with E-state index >= 15 is 0 Å². The molecule has 1 saturated carbocycles. The third-order valence-corrected chi connectivity index (χ3v) is 3.96. The van der Waals surface area contributed by atoms with Crippen molar-refractivity contribution in [3.63, 3.8) is 0 Å². The van der Waals surface area contributed by atoms with Crippen molar-refractivity contribution in [2.24, 2.45) is 0 Å². The number of hydrogen-bond donors (Lipinski definition) is 1. The van der Waals surface area contributed by atoms with Crippen LogP contribution in [0.5, 0.6) is 0 Å². The fourth-order valence-corrected chi connectivity index (χ4v) is 2.76. The van der Waals surface area contributed by atoms with Crippen LogP contribution in [0.4, 0.5) is 5.82 Å². The Bertz CT molecular complexity index is 591. The van der Waals surface area contributed by atoms with E-state index in [0.717, 1.165) is 17.2 Å². The van der Waals surface area contributed by atoms with Crippen LogP contribution >= 0.6 is 11.6 Å². The minimum atomic E-state index is 0.552. The van der Waals surface area contributed by atoms with Gasteiger partial charge in [0, 0.05) is 30.9 Å². The van der Waals surface area contributed by atoms with E-state index in [9.17, 15) is 0 Å². The number of halogens is 1. The zero-order chi connectivity index (χ0) is 13.9. The zero-order valence-corrected chi connectivity index (χ0v) is 12.2. The molecule has 4 nitrogen and oxygen atoms in total. The molecule has 0 aliphatic heterocycles. The van der Waals surface area contributed by atoms with Gasteiger partial charge in [-0.2, -0.15) is 0 Å². The van der Waals surface area contributed by atoms with Gasteiger partial charge in [-0.15, -0.1) is 0 Å². The monoisotopic (exact) mass is 288 g/mol. The lowest BCUT2D eigenvalue weighted by Crippen LogP contribution is -2.04. The van der Waals surface area contributed by atoms with Gasteiger partial charge < -0.3 is 5.32 Å². The first-order valence-corrected chi connectivity index (χ1v) is 7.33. The van der Waals surface area contributed by atoms with Crippen molar-refractivity contribution in [2.45, 2.75) is 31.6 Å². The van der Waals surface area contributed by atoms with Gasteiger partial charge in [0.1, 0.15) is 11.5 Å². The molecule has 5 heteroatoms. The zero-order valence-electron chi connectivity index (χ0n) is 11.4. The average Bonchev–Trinajstić information content (AvgIpc) is 3.02. The molecule has 1 aliphatic rings. The first-order chi connectivity index (χ1) is 9.76. The molecule has 0 unspecified atom stereocenters. The molecule has 104 valence electrons. The van der Waals surface area contributed by atoms with E-state index in [-0.39, 0.29) is 0 Å². The summed E-state index contributed by atoms with van der Waals surface area (Å²) in [5, 5.41) is 3.73. The van der Waals surface area contributed by atoms with Crippen molar-refractivity contribution in [1.29, 1.82) is 0 Å². The van der Waals surface area contributed by atoms with E-state index < -0.39 is 0 Å². The maximum Gasteiger partial charge on any atom is 0.180 e. The van der Waals surface area contributed by atoms with Gasteiger partial charge in [-0.1, -0.05) is 24.4 Å². The lowest BCUT2D eigenvalue weighted by atomic mass is 10.0. The highest BCUT2D eigenvalue weighted by molar-refractivity contribution is 6.30. The summed E-state index contributed by atoms with van der Waals surface area (Å²) in [7, 11) is 1.87. The highest BCUT2D eigenvalue weighted by Crippen LogP contribution is 2.34. The predicted octanol–water partition coefficient (Wildman–Crippen LogP) is 3.89. The number of aromatic nitrogens is 3. The minimum Gasteiger partial charge on any atom is -0.373 e. The quantitative estimate of drug-likeness (QED) is 0.931. The third kappa shape index (κ3) is 2.75. The van der Waals surface area contributed by atoms with E-state index in [1.165, 1.54) is 25.7 Å². The van der Waals surface area contributed by atoms with Crippen molar-refractivity contribution < 1.29 is 0 Å². The first-order valence-electron chi connectivity index (χ1n) is 6.95. The van der Waals surface area contributed by atoms with Gasteiger partial charge in [-0.25, -0.2) is 9.97 Å². The van der Waals surface area contributed by atoms with Crippen LogP contribution in [0.3, 0.4) is 0 Å². The molecule has 1 aliphatic carbocycles. The number of pyridine rings is 1. The van der Waals surface area contributed by atoms with Crippen LogP contribution in [0.25, 0.3) is 11.5 Å². The molecule has 1 N–H and O–H groups in total. The van der Waals surface area contributed by atoms with Gasteiger partial charge in [-0.05, 0) is 25.0 Å². The maximum atomic E-state index is 5.88. The number of nitrogens with zero attached hydrogens (tertiary/aromatic N) is 3. The summed E-state index contributed by atoms with van der Waals surface area (Å²) in [4.78, 5) is 13.5. The molecule has 2 aromatic rings. The Kier molecular flexibility index (Phi) is 3.83. The van der Waals surface area contributed by atoms with Crippen LogP contribution in [0, 0.1) is 0 Å². The average molecular weight is 289 g/mol. The summed E-state index contributed by atoms with van der Waals surface area (Å²) < 4.78 is 0. The van der Waals surface area contributed by atoms with Crippen LogP contribution in [-0.2, 0) is 0 Å². The molecule has 0 atom stereocenters. The highest BCUT2D eigenvalue weighted by atomic mass is 35.5. The smallest absolute Gasteiger partial charge is 0.180 e. The molecule has 3 rings (SSSR count). The van der Waals surface area contributed by atoms with Crippen LogP contribution in [-0.4, -0.2) is 22.0 Å². The molecule has 0 spiro atoms. The van der Waals surface area contributed by atoms with Gasteiger partial charge >= 0.3 is 0 Å². The Morgan fingerprint density at radius 3 is 2.65 bits per heavy atom. The molecular weight excluding hydrogens is 272 g/mol. The number of anilines is 1. The van der Waals surface area contributed by atoms with Crippen LogP contribution in [0.2, 0.25) is 5.02 Å². The predicted molar refractivity (Wildman–Crippen MR) is 81.0 cm³/mol. The molecule has 20 heavy (non-hydrogen) atoms. The van der Waals surface area contributed by atoms with E-state index in [1.807, 2.05) is 19.2 Å². The summed E-state index contributed by atoms with van der Waals surface area (Å²) in [6.45, 7) is 0. The molecule has 0 saturated heterocycles. The molecule has 0 aromatic carbocycles. The number of hydrogen-bond acceptors (Lipinski definition) is 4. The van der Waals surface area contributed by atoms with Crippen molar-refractivity contribution in [2.75, 3.05) is 12.4 Å². The Labute approximate surface area is 123 Å². The Morgan fingerprint density at radius 1 is 1.20 bits per heavy atom. The van der Waals surface area contributed by atoms with Crippen molar-refractivity contribution >= 4 is 17.4 Å². The Morgan fingerprint density at radius 2 is 2.00 bits per heavy atom. The number of nitrogens with one attached hydrogen (secondary N) is 1. The van der Waals surface area contributed by atoms with E-state index in [4.69, 9.17) is 16.6 Å². The van der Waals surface area contributed by atoms with E-state index in [2.05, 4.69) is 21.4 Å². The molecule has 2 aromatic heterocycles. The van der Waals surface area contributed by atoms with Gasteiger partial charge in [0.25, 0.3) is 0 Å². The molecule has 1 fully saturated rings. The Balaban J connectivity index is 2.01. The molecule has 2 heterocycles. The summed E-state index contributed by atoms with van der Waals surface area (Å²) >= 11 is 5.88. The lowest BCUT2D eigenvalue weighted by Gasteiger charge is -2.12. The van der Waals surface area contributed by atoms with E-state index in [0.29, 0.717) is 16.8 Å². The third-order valence-electron chi connectivity index (χ3n) is 3.73. The summed E-state index contributed by atoms with van der Waals surface area (Å²) in [5.74, 6) is 2.06. The number of rotatable bonds is 3. The fourth-order valence-electron chi connectivity index (χ4n) is 2.65. The summed E-state index contributed by atoms with van der Waals surface area (Å²) in [5.41, 5.74) is 1.87. The standard InChI is InChI=1S/C15H17ClN4/c1-17-14-8-13(10-4-2-3-5-10)19-15(20-14)12-7-6-11(16)9-18-12/h6-10H,2-5H2,1H3,(H,17,19,20). The molecule has 0 bridgehead atoms. The van der Waals surface area contributed by atoms with Crippen LogP contribution in [0.15, 0.2) is 24.4 Å². The molecular formula is C15H17ClN4. The van der Waals surface area contributed by atoms with Gasteiger partial charge in [0.05, 0.1) is 5.02 Å². The first kappa shape index (κ1) is 13.3. The molecule has 0 amide bonds. The van der Waals surface area contributed by atoms with Crippen molar-refractivity contribution in [3.05, 3.63) is 35.1 Å². The van der Waals surface area contributed by atoms with Gasteiger partial charge in [0.2, 0.25) is 0 Å². The second-order valence-electron chi connectivity index (χ2n) is 5.09. The highest BCUT2D eigenvalue weighted by Gasteiger charge is 2.20. The van der Waals surface area contributed by atoms with Crippen LogP contribution < -0.4 is 5.32 Å². The Hall–Kier alpha value is -1.68. The second kappa shape index (κ2) is 5.75. The van der Waals surface area contributed by atoms with Gasteiger partial charge in [-0.3, -0.25) is 4.98 Å². The van der Waals surface area contributed by atoms with Crippen LogP contribution in [0.1, 0.15) is 37.3 Å². The fraction of sp³-hybridized carbons (Fsp3) is 0.400. The maximum absolute atomic E-state index is 5.88. The second-order valence-corrected chi connectivity index (χ2v) is 5.53. The SMILES string of the molecule is CNc1cc(C2CCCC2)nc(-c2ccc(Cl)cn2)n1.